The highest BCUT2D eigenvalue weighted by Gasteiger charge is 2.28. The van der Waals surface area contributed by atoms with Gasteiger partial charge in [0, 0.05) is 23.9 Å². The van der Waals surface area contributed by atoms with Crippen LogP contribution < -0.4 is 5.32 Å². The van der Waals surface area contributed by atoms with Crippen molar-refractivity contribution < 1.29 is 9.59 Å². The van der Waals surface area contributed by atoms with Gasteiger partial charge >= 0.3 is 0 Å². The molecule has 0 saturated heterocycles. The number of aryl methyl sites for hydroxylation is 1. The molecule has 0 unspecified atom stereocenters. The maximum atomic E-state index is 13.2. The number of hydrogen-bond donors (Lipinski definition) is 1. The molecule has 2 aromatic rings. The molecule has 0 aliphatic carbocycles. The number of benzene rings is 2. The Morgan fingerprint density at radius 1 is 1.10 bits per heavy atom. The molecule has 2 aromatic carbocycles. The first kappa shape index (κ1) is 25.3. The van der Waals surface area contributed by atoms with Crippen LogP contribution in [0.4, 0.5) is 0 Å². The van der Waals surface area contributed by atoms with E-state index in [2.05, 4.69) is 19.2 Å². The van der Waals surface area contributed by atoms with Crippen molar-refractivity contribution in [1.29, 1.82) is 0 Å². The number of nitrogens with zero attached hydrogens (tertiary/aromatic N) is 1. The summed E-state index contributed by atoms with van der Waals surface area (Å²) in [6.45, 7) is 9.12. The third-order valence-corrected chi connectivity index (χ3v) is 6.32. The van der Waals surface area contributed by atoms with Gasteiger partial charge in [0.2, 0.25) is 11.8 Å². The lowest BCUT2D eigenvalue weighted by molar-refractivity contribution is -0.139. The molecule has 0 radical (unpaired) electrons. The normalized spacial score (nSPS) is 11.9. The molecule has 0 aromatic heterocycles. The molecule has 6 heteroatoms. The van der Waals surface area contributed by atoms with Crippen LogP contribution in [0.25, 0.3) is 0 Å². The van der Waals surface area contributed by atoms with Gasteiger partial charge in [-0.1, -0.05) is 80.4 Å². The summed E-state index contributed by atoms with van der Waals surface area (Å²) < 4.78 is 0. The summed E-state index contributed by atoms with van der Waals surface area (Å²) in [5, 5.41) is 3.70. The van der Waals surface area contributed by atoms with Crippen LogP contribution in [0, 0.1) is 12.8 Å². The van der Waals surface area contributed by atoms with Crippen molar-refractivity contribution in [3.8, 4) is 0 Å². The third kappa shape index (κ3) is 8.23. The van der Waals surface area contributed by atoms with Gasteiger partial charge in [-0.25, -0.2) is 0 Å². The van der Waals surface area contributed by atoms with Crippen molar-refractivity contribution in [2.75, 3.05) is 12.3 Å². The van der Waals surface area contributed by atoms with Gasteiger partial charge in [0.25, 0.3) is 0 Å². The number of rotatable bonds is 11. The SMILES string of the molecule is CC[C@H](C(=O)NCC(C)C)N(Cc1ccc(C)cc1)C(=O)CSCc1ccccc1Cl. The zero-order chi connectivity index (χ0) is 22.8. The Kier molecular flexibility index (Phi) is 10.4. The Balaban J connectivity index is 2.12. The lowest BCUT2D eigenvalue weighted by Gasteiger charge is -2.31. The van der Waals surface area contributed by atoms with Crippen LogP contribution in [0.1, 0.15) is 43.9 Å². The summed E-state index contributed by atoms with van der Waals surface area (Å²) in [5.74, 6) is 1.18. The summed E-state index contributed by atoms with van der Waals surface area (Å²) in [6, 6.07) is 15.3. The lowest BCUT2D eigenvalue weighted by Crippen LogP contribution is -2.50. The molecule has 2 amide bonds. The minimum absolute atomic E-state index is 0.0378. The maximum Gasteiger partial charge on any atom is 0.242 e. The molecule has 0 aliphatic rings. The van der Waals surface area contributed by atoms with Gasteiger partial charge in [-0.2, -0.15) is 0 Å². The van der Waals surface area contributed by atoms with Crippen molar-refractivity contribution in [1.82, 2.24) is 10.2 Å². The van der Waals surface area contributed by atoms with E-state index in [0.717, 1.165) is 11.1 Å². The van der Waals surface area contributed by atoms with Gasteiger partial charge < -0.3 is 10.2 Å². The van der Waals surface area contributed by atoms with E-state index >= 15 is 0 Å². The third-order valence-electron chi connectivity index (χ3n) is 4.98. The molecule has 4 nitrogen and oxygen atoms in total. The fourth-order valence-corrected chi connectivity index (χ4v) is 4.37. The predicted molar refractivity (Wildman–Crippen MR) is 131 cm³/mol. The highest BCUT2D eigenvalue weighted by Crippen LogP contribution is 2.22. The maximum absolute atomic E-state index is 13.2. The molecule has 1 atom stereocenters. The molecule has 0 bridgehead atoms. The minimum Gasteiger partial charge on any atom is -0.354 e. The highest BCUT2D eigenvalue weighted by molar-refractivity contribution is 7.99. The number of hydrogen-bond acceptors (Lipinski definition) is 3. The van der Waals surface area contributed by atoms with E-state index in [1.165, 1.54) is 17.3 Å². The van der Waals surface area contributed by atoms with Crippen LogP contribution in [0.15, 0.2) is 48.5 Å². The monoisotopic (exact) mass is 460 g/mol. The molecule has 0 spiro atoms. The van der Waals surface area contributed by atoms with E-state index in [4.69, 9.17) is 11.6 Å². The molecular weight excluding hydrogens is 428 g/mol. The molecular formula is C25H33ClN2O2S. The van der Waals surface area contributed by atoms with E-state index in [1.807, 2.05) is 62.4 Å². The molecule has 0 saturated carbocycles. The zero-order valence-electron chi connectivity index (χ0n) is 18.9. The quantitative estimate of drug-likeness (QED) is 0.484. The number of amides is 2. The lowest BCUT2D eigenvalue weighted by atomic mass is 10.1. The standard InChI is InChI=1S/C25H33ClN2O2S/c1-5-23(25(30)27-14-18(2)3)28(15-20-12-10-19(4)11-13-20)24(29)17-31-16-21-8-6-7-9-22(21)26/h6-13,18,23H,5,14-17H2,1-4H3,(H,27,30)/t23-/m1/s1. The van der Waals surface area contributed by atoms with Crippen molar-refractivity contribution in [2.45, 2.75) is 52.5 Å². The van der Waals surface area contributed by atoms with E-state index in [-0.39, 0.29) is 11.8 Å². The first-order chi connectivity index (χ1) is 14.8. The Hall–Kier alpha value is -1.98. The number of thioether (sulfide) groups is 1. The van der Waals surface area contributed by atoms with E-state index in [9.17, 15) is 9.59 Å². The fraction of sp³-hybridized carbons (Fsp3) is 0.440. The second-order valence-corrected chi connectivity index (χ2v) is 9.55. The second kappa shape index (κ2) is 12.8. The van der Waals surface area contributed by atoms with Crippen LogP contribution in [0.3, 0.4) is 0 Å². The van der Waals surface area contributed by atoms with Crippen molar-refractivity contribution >= 4 is 35.2 Å². The predicted octanol–water partition coefficient (Wildman–Crippen LogP) is 5.46. The summed E-state index contributed by atoms with van der Waals surface area (Å²) in [7, 11) is 0. The van der Waals surface area contributed by atoms with Crippen LogP contribution >= 0.6 is 23.4 Å². The minimum atomic E-state index is -0.492. The summed E-state index contributed by atoms with van der Waals surface area (Å²) in [5.41, 5.74) is 3.19. The van der Waals surface area contributed by atoms with Gasteiger partial charge in [-0.3, -0.25) is 9.59 Å². The second-order valence-electron chi connectivity index (χ2n) is 8.15. The number of carbonyl (C=O) groups excluding carboxylic acids is 2. The zero-order valence-corrected chi connectivity index (χ0v) is 20.4. The van der Waals surface area contributed by atoms with Gasteiger partial charge in [-0.15, -0.1) is 11.8 Å². The average molecular weight is 461 g/mol. The van der Waals surface area contributed by atoms with Crippen molar-refractivity contribution in [3.05, 3.63) is 70.2 Å². The topological polar surface area (TPSA) is 49.4 Å². The smallest absolute Gasteiger partial charge is 0.242 e. The summed E-state index contributed by atoms with van der Waals surface area (Å²) >= 11 is 7.76. The van der Waals surface area contributed by atoms with Gasteiger partial charge in [0.1, 0.15) is 6.04 Å². The Bertz CT molecular complexity index is 855. The molecule has 1 N–H and O–H groups in total. The van der Waals surface area contributed by atoms with Crippen LogP contribution in [-0.4, -0.2) is 35.1 Å². The van der Waals surface area contributed by atoms with E-state index in [1.54, 1.807) is 4.90 Å². The van der Waals surface area contributed by atoms with Gasteiger partial charge in [-0.05, 0) is 36.5 Å². The molecule has 31 heavy (non-hydrogen) atoms. The fourth-order valence-electron chi connectivity index (χ4n) is 3.18. The van der Waals surface area contributed by atoms with E-state index < -0.39 is 6.04 Å². The first-order valence-electron chi connectivity index (χ1n) is 10.8. The summed E-state index contributed by atoms with van der Waals surface area (Å²) in [6.07, 6.45) is 0.566. The van der Waals surface area contributed by atoms with Gasteiger partial charge in [0.15, 0.2) is 0 Å². The molecule has 0 aliphatic heterocycles. The Morgan fingerprint density at radius 3 is 2.39 bits per heavy atom. The summed E-state index contributed by atoms with van der Waals surface area (Å²) in [4.78, 5) is 27.8. The van der Waals surface area contributed by atoms with Crippen molar-refractivity contribution in [2.24, 2.45) is 5.92 Å². The largest absolute Gasteiger partial charge is 0.354 e. The Morgan fingerprint density at radius 2 is 1.77 bits per heavy atom. The number of carbonyl (C=O) groups is 2. The molecule has 0 heterocycles. The molecule has 0 fully saturated rings. The number of nitrogens with one attached hydrogen (secondary N) is 1. The van der Waals surface area contributed by atoms with Crippen LogP contribution in [0.2, 0.25) is 5.02 Å². The van der Waals surface area contributed by atoms with Crippen LogP contribution in [0.5, 0.6) is 0 Å². The molecule has 2 rings (SSSR count). The van der Waals surface area contributed by atoms with Crippen LogP contribution in [-0.2, 0) is 21.9 Å². The number of halogens is 1. The highest BCUT2D eigenvalue weighted by atomic mass is 35.5. The molecule has 168 valence electrons. The average Bonchev–Trinajstić information content (AvgIpc) is 2.74. The first-order valence-corrected chi connectivity index (χ1v) is 12.3. The van der Waals surface area contributed by atoms with E-state index in [0.29, 0.717) is 42.0 Å². The van der Waals surface area contributed by atoms with Gasteiger partial charge in [0.05, 0.1) is 5.75 Å². The van der Waals surface area contributed by atoms with Crippen molar-refractivity contribution in [3.63, 3.8) is 0 Å². The Labute approximate surface area is 195 Å².